The lowest BCUT2D eigenvalue weighted by atomic mass is 10.3. The molecule has 1 aromatic rings. The molecule has 0 aromatic heterocycles. The van der Waals surface area contributed by atoms with Crippen molar-refractivity contribution in [3.8, 4) is 0 Å². The van der Waals surface area contributed by atoms with E-state index in [1.54, 1.807) is 0 Å². The average molecular weight is 274 g/mol. The van der Waals surface area contributed by atoms with E-state index < -0.39 is 21.3 Å². The maximum absolute atomic E-state index is 12.7. The van der Waals surface area contributed by atoms with Gasteiger partial charge in [-0.05, 0) is 12.1 Å². The Hall–Kier alpha value is -0.580. The number of anilines is 1. The van der Waals surface area contributed by atoms with E-state index in [1.807, 2.05) is 0 Å². The molecule has 0 fully saturated rings. The second-order valence-electron chi connectivity index (χ2n) is 2.58. The van der Waals surface area contributed by atoms with Crippen LogP contribution in [0.3, 0.4) is 0 Å². The summed E-state index contributed by atoms with van der Waals surface area (Å²) >= 11 is 15.8. The van der Waals surface area contributed by atoms with Crippen LogP contribution in [0, 0.1) is 11.6 Å². The molecular weight excluding hydrogens is 270 g/mol. The van der Waals surface area contributed by atoms with Gasteiger partial charge in [-0.2, -0.15) is 0 Å². The van der Waals surface area contributed by atoms with Gasteiger partial charge in [0, 0.05) is 11.8 Å². The zero-order valence-corrected chi connectivity index (χ0v) is 9.30. The van der Waals surface area contributed by atoms with Gasteiger partial charge >= 0.3 is 0 Å². The lowest BCUT2D eigenvalue weighted by molar-refractivity contribution is -0.115. The standard InChI is InChI=1S/C8H4Cl3F2NO/c9-8(10,11)7(15)14-4-1-2-5(12)6(13)3-4/h1-3H,(H,14,15). The number of rotatable bonds is 1. The quantitative estimate of drug-likeness (QED) is 0.782. The van der Waals surface area contributed by atoms with Crippen LogP contribution in [0.25, 0.3) is 0 Å². The highest BCUT2D eigenvalue weighted by atomic mass is 35.6. The van der Waals surface area contributed by atoms with Gasteiger partial charge in [0.25, 0.3) is 9.70 Å². The molecule has 1 rings (SSSR count). The number of carbonyl (C=O) groups excluding carboxylic acids is 1. The number of hydrogen-bond acceptors (Lipinski definition) is 1. The van der Waals surface area contributed by atoms with Crippen LogP contribution >= 0.6 is 34.8 Å². The largest absolute Gasteiger partial charge is 0.322 e. The maximum atomic E-state index is 12.7. The molecule has 0 spiro atoms. The van der Waals surface area contributed by atoms with Crippen molar-refractivity contribution in [1.29, 1.82) is 0 Å². The van der Waals surface area contributed by atoms with Crippen LogP contribution < -0.4 is 5.32 Å². The van der Waals surface area contributed by atoms with E-state index in [0.717, 1.165) is 18.2 Å². The topological polar surface area (TPSA) is 29.1 Å². The summed E-state index contributed by atoms with van der Waals surface area (Å²) in [7, 11) is 0. The predicted octanol–water partition coefficient (Wildman–Crippen LogP) is 3.27. The Bertz CT molecular complexity index is 392. The van der Waals surface area contributed by atoms with Crippen molar-refractivity contribution in [1.82, 2.24) is 0 Å². The van der Waals surface area contributed by atoms with Crippen molar-refractivity contribution in [2.24, 2.45) is 0 Å². The number of nitrogens with one attached hydrogen (secondary N) is 1. The number of halogens is 5. The van der Waals surface area contributed by atoms with Crippen molar-refractivity contribution in [3.05, 3.63) is 29.8 Å². The highest BCUT2D eigenvalue weighted by Gasteiger charge is 2.30. The molecule has 15 heavy (non-hydrogen) atoms. The predicted molar refractivity (Wildman–Crippen MR) is 55.3 cm³/mol. The number of hydrogen-bond donors (Lipinski definition) is 1. The van der Waals surface area contributed by atoms with Crippen LogP contribution in [0.1, 0.15) is 0 Å². The third kappa shape index (κ3) is 3.48. The molecule has 0 aliphatic rings. The van der Waals surface area contributed by atoms with Gasteiger partial charge in [-0.3, -0.25) is 4.79 Å². The SMILES string of the molecule is O=C(Nc1ccc(F)c(F)c1)C(Cl)(Cl)Cl. The molecule has 0 aliphatic carbocycles. The molecule has 82 valence electrons. The van der Waals surface area contributed by atoms with Gasteiger partial charge in [-0.15, -0.1) is 0 Å². The van der Waals surface area contributed by atoms with E-state index in [2.05, 4.69) is 5.32 Å². The van der Waals surface area contributed by atoms with Gasteiger partial charge in [0.2, 0.25) is 0 Å². The van der Waals surface area contributed by atoms with Crippen LogP contribution in [-0.4, -0.2) is 9.70 Å². The lowest BCUT2D eigenvalue weighted by Gasteiger charge is -2.11. The number of amides is 1. The summed E-state index contributed by atoms with van der Waals surface area (Å²) < 4.78 is 23.1. The fraction of sp³-hybridized carbons (Fsp3) is 0.125. The van der Waals surface area contributed by atoms with Gasteiger partial charge in [-0.25, -0.2) is 8.78 Å². The second kappa shape index (κ2) is 4.51. The van der Waals surface area contributed by atoms with Crippen LogP contribution in [0.5, 0.6) is 0 Å². The Morgan fingerprint density at radius 3 is 2.27 bits per heavy atom. The van der Waals surface area contributed by atoms with Crippen molar-refractivity contribution < 1.29 is 13.6 Å². The van der Waals surface area contributed by atoms with Crippen molar-refractivity contribution in [2.75, 3.05) is 5.32 Å². The van der Waals surface area contributed by atoms with E-state index in [1.165, 1.54) is 0 Å². The molecule has 0 unspecified atom stereocenters. The smallest absolute Gasteiger partial charge is 0.276 e. The zero-order valence-electron chi connectivity index (χ0n) is 7.03. The van der Waals surface area contributed by atoms with E-state index in [9.17, 15) is 13.6 Å². The van der Waals surface area contributed by atoms with Gasteiger partial charge < -0.3 is 5.32 Å². The molecule has 0 aliphatic heterocycles. The minimum atomic E-state index is -2.15. The Balaban J connectivity index is 2.83. The van der Waals surface area contributed by atoms with Gasteiger partial charge in [0.1, 0.15) is 0 Å². The van der Waals surface area contributed by atoms with Gasteiger partial charge in [0.05, 0.1) is 0 Å². The fourth-order valence-electron chi connectivity index (χ4n) is 0.776. The summed E-state index contributed by atoms with van der Waals surface area (Å²) in [5.74, 6) is -3.07. The minimum absolute atomic E-state index is 0.00484. The number of carbonyl (C=O) groups is 1. The van der Waals surface area contributed by atoms with Gasteiger partial charge in [-0.1, -0.05) is 34.8 Å². The number of benzene rings is 1. The molecule has 1 amide bonds. The van der Waals surface area contributed by atoms with E-state index >= 15 is 0 Å². The van der Waals surface area contributed by atoms with Crippen molar-refractivity contribution in [3.63, 3.8) is 0 Å². The molecule has 0 heterocycles. The first-order chi connectivity index (χ1) is 6.80. The second-order valence-corrected chi connectivity index (χ2v) is 4.86. The Kier molecular flexibility index (Phi) is 3.76. The normalized spacial score (nSPS) is 11.3. The molecule has 0 saturated heterocycles. The third-order valence-electron chi connectivity index (χ3n) is 1.43. The number of alkyl halides is 3. The summed E-state index contributed by atoms with van der Waals surface area (Å²) in [5, 5.41) is 2.11. The molecule has 0 bridgehead atoms. The minimum Gasteiger partial charge on any atom is -0.322 e. The molecule has 1 aromatic carbocycles. The first-order valence-corrected chi connectivity index (χ1v) is 4.77. The Labute approximate surface area is 99.1 Å². The third-order valence-corrected chi connectivity index (χ3v) is 1.95. The van der Waals surface area contributed by atoms with Crippen molar-refractivity contribution >= 4 is 46.4 Å². The van der Waals surface area contributed by atoms with Crippen LogP contribution in [0.15, 0.2) is 18.2 Å². The molecule has 0 saturated carbocycles. The van der Waals surface area contributed by atoms with Crippen molar-refractivity contribution in [2.45, 2.75) is 3.79 Å². The molecule has 2 nitrogen and oxygen atoms in total. The molecular formula is C8H4Cl3F2NO. The molecule has 0 radical (unpaired) electrons. The monoisotopic (exact) mass is 273 g/mol. The summed E-state index contributed by atoms with van der Waals surface area (Å²) in [4.78, 5) is 11.1. The van der Waals surface area contributed by atoms with Crippen LogP contribution in [0.2, 0.25) is 0 Å². The summed E-state index contributed by atoms with van der Waals surface area (Å²) in [6.45, 7) is 0. The van der Waals surface area contributed by atoms with E-state index in [-0.39, 0.29) is 5.69 Å². The highest BCUT2D eigenvalue weighted by molar-refractivity contribution is 6.76. The Morgan fingerprint density at radius 2 is 1.80 bits per heavy atom. The van der Waals surface area contributed by atoms with E-state index in [0.29, 0.717) is 0 Å². The summed E-state index contributed by atoms with van der Waals surface area (Å²) in [5.41, 5.74) is 0.00484. The van der Waals surface area contributed by atoms with E-state index in [4.69, 9.17) is 34.8 Å². The summed E-state index contributed by atoms with van der Waals surface area (Å²) in [6, 6.07) is 2.78. The Morgan fingerprint density at radius 1 is 1.20 bits per heavy atom. The van der Waals surface area contributed by atoms with Crippen LogP contribution in [0.4, 0.5) is 14.5 Å². The highest BCUT2D eigenvalue weighted by Crippen LogP contribution is 2.27. The van der Waals surface area contributed by atoms with Crippen LogP contribution in [-0.2, 0) is 4.79 Å². The first kappa shape index (κ1) is 12.5. The zero-order chi connectivity index (χ0) is 11.6. The first-order valence-electron chi connectivity index (χ1n) is 3.64. The molecule has 0 atom stereocenters. The molecule has 7 heteroatoms. The molecule has 1 N–H and O–H groups in total. The maximum Gasteiger partial charge on any atom is 0.276 e. The fourth-order valence-corrected chi connectivity index (χ4v) is 0.918. The lowest BCUT2D eigenvalue weighted by Crippen LogP contribution is -2.26. The van der Waals surface area contributed by atoms with Gasteiger partial charge in [0.15, 0.2) is 11.6 Å². The summed E-state index contributed by atoms with van der Waals surface area (Å²) in [6.07, 6.45) is 0. The average Bonchev–Trinajstić information content (AvgIpc) is 2.10.